The predicted octanol–water partition coefficient (Wildman–Crippen LogP) is 5.12. The van der Waals surface area contributed by atoms with Crippen LogP contribution in [0.15, 0.2) is 41.2 Å². The number of hydrogen-bond donors (Lipinski definition) is 2. The number of aryl methyl sites for hydroxylation is 1. The minimum Gasteiger partial charge on any atom is -0.496 e. The van der Waals surface area contributed by atoms with Crippen molar-refractivity contribution in [2.75, 3.05) is 20.2 Å². The number of likely N-dealkylation sites (tertiary alicyclic amines) is 1. The lowest BCUT2D eigenvalue weighted by molar-refractivity contribution is -0.0108. The number of ether oxygens (including phenoxy) is 1. The van der Waals surface area contributed by atoms with Crippen LogP contribution < -0.4 is 10.3 Å². The first-order valence-corrected chi connectivity index (χ1v) is 13.3. The predicted molar refractivity (Wildman–Crippen MR) is 148 cm³/mol. The summed E-state index contributed by atoms with van der Waals surface area (Å²) in [6.07, 6.45) is 3.99. The van der Waals surface area contributed by atoms with E-state index in [2.05, 4.69) is 30.1 Å². The van der Waals surface area contributed by atoms with E-state index in [1.807, 2.05) is 49.9 Å². The zero-order valence-corrected chi connectivity index (χ0v) is 23.1. The van der Waals surface area contributed by atoms with Crippen LogP contribution in [0.3, 0.4) is 0 Å². The highest BCUT2D eigenvalue weighted by atomic mass is 16.5. The number of benzene rings is 2. The number of amides is 1. The van der Waals surface area contributed by atoms with E-state index in [9.17, 15) is 14.7 Å². The number of carbonyl (C=O) groups is 1. The third kappa shape index (κ3) is 6.58. The van der Waals surface area contributed by atoms with Gasteiger partial charge < -0.3 is 14.7 Å². The molecule has 1 saturated heterocycles. The first-order chi connectivity index (χ1) is 17.6. The first kappa shape index (κ1) is 28.4. The van der Waals surface area contributed by atoms with Gasteiger partial charge in [-0.2, -0.15) is 5.10 Å². The van der Waals surface area contributed by atoms with Crippen LogP contribution in [0.5, 0.6) is 5.75 Å². The molecular formula is C30H41N3O4. The van der Waals surface area contributed by atoms with Crippen molar-refractivity contribution in [3.05, 3.63) is 69.1 Å². The molecule has 1 amide bonds. The zero-order chi connectivity index (χ0) is 27.2. The molecule has 2 heterocycles. The Labute approximate surface area is 219 Å². The lowest BCUT2D eigenvalue weighted by Gasteiger charge is -2.38. The number of rotatable bonds is 6. The fourth-order valence-corrected chi connectivity index (χ4v) is 4.98. The Hall–Kier alpha value is -3.19. The lowest BCUT2D eigenvalue weighted by Crippen LogP contribution is -2.44. The van der Waals surface area contributed by atoms with Crippen molar-refractivity contribution in [2.24, 2.45) is 5.92 Å². The number of aromatic amines is 1. The quantitative estimate of drug-likeness (QED) is 0.483. The van der Waals surface area contributed by atoms with Gasteiger partial charge in [-0.05, 0) is 62.3 Å². The van der Waals surface area contributed by atoms with Gasteiger partial charge in [-0.3, -0.25) is 9.59 Å². The van der Waals surface area contributed by atoms with Crippen molar-refractivity contribution >= 4 is 16.7 Å². The van der Waals surface area contributed by atoms with Gasteiger partial charge in [-0.25, -0.2) is 5.10 Å². The molecule has 37 heavy (non-hydrogen) atoms. The van der Waals surface area contributed by atoms with Gasteiger partial charge in [0.25, 0.3) is 11.5 Å². The normalized spacial score (nSPS) is 14.3. The Bertz CT molecular complexity index is 1270. The number of methoxy groups -OCH3 is 1. The number of hydrogen-bond acceptors (Lipinski definition) is 5. The van der Waals surface area contributed by atoms with Gasteiger partial charge in [-0.1, -0.05) is 51.5 Å². The monoisotopic (exact) mass is 507 g/mol. The van der Waals surface area contributed by atoms with Crippen LogP contribution in [0.1, 0.15) is 81.1 Å². The lowest BCUT2D eigenvalue weighted by atomic mass is 9.83. The maximum atomic E-state index is 13.6. The van der Waals surface area contributed by atoms with E-state index in [1.165, 1.54) is 6.42 Å². The number of aliphatic hydroxyl groups is 1. The molecule has 7 heteroatoms. The van der Waals surface area contributed by atoms with Gasteiger partial charge in [-0.15, -0.1) is 0 Å². The second kappa shape index (κ2) is 12.4. The van der Waals surface area contributed by atoms with E-state index in [0.29, 0.717) is 36.2 Å². The highest BCUT2D eigenvalue weighted by molar-refractivity contribution is 5.98. The number of H-pyrrole nitrogens is 1. The van der Waals surface area contributed by atoms with Crippen LogP contribution in [0, 0.1) is 5.92 Å². The van der Waals surface area contributed by atoms with Crippen molar-refractivity contribution in [2.45, 2.75) is 72.3 Å². The van der Waals surface area contributed by atoms with E-state index in [4.69, 9.17) is 4.74 Å². The van der Waals surface area contributed by atoms with Crippen LogP contribution in [0.25, 0.3) is 10.8 Å². The summed E-state index contributed by atoms with van der Waals surface area (Å²) < 4.78 is 5.70. The summed E-state index contributed by atoms with van der Waals surface area (Å²) in [6.45, 7) is 11.2. The summed E-state index contributed by atoms with van der Waals surface area (Å²) in [5, 5.41) is 18.7. The van der Waals surface area contributed by atoms with E-state index in [1.54, 1.807) is 13.2 Å². The molecule has 4 rings (SSSR count). The van der Waals surface area contributed by atoms with Gasteiger partial charge in [0.1, 0.15) is 5.75 Å². The first-order valence-electron chi connectivity index (χ1n) is 13.3. The van der Waals surface area contributed by atoms with Gasteiger partial charge >= 0.3 is 0 Å². The summed E-state index contributed by atoms with van der Waals surface area (Å²) in [4.78, 5) is 27.6. The van der Waals surface area contributed by atoms with Gasteiger partial charge in [0.2, 0.25) is 0 Å². The number of nitrogens with one attached hydrogen (secondary N) is 1. The van der Waals surface area contributed by atoms with Crippen molar-refractivity contribution in [3.63, 3.8) is 0 Å². The minimum atomic E-state index is -0.742. The number of aromatic nitrogens is 2. The number of fused-ring (bicyclic) bond motifs is 1. The summed E-state index contributed by atoms with van der Waals surface area (Å²) in [6, 6.07) is 11.4. The van der Waals surface area contributed by atoms with Crippen molar-refractivity contribution in [3.8, 4) is 5.75 Å². The zero-order valence-electron chi connectivity index (χ0n) is 23.1. The fraction of sp³-hybridized carbons (Fsp3) is 0.500. The fourth-order valence-electron chi connectivity index (χ4n) is 4.98. The van der Waals surface area contributed by atoms with Crippen molar-refractivity contribution in [1.82, 2.24) is 15.1 Å². The highest BCUT2D eigenvalue weighted by Crippen LogP contribution is 2.32. The van der Waals surface area contributed by atoms with Crippen molar-refractivity contribution in [1.29, 1.82) is 0 Å². The molecule has 0 radical (unpaired) electrons. The largest absolute Gasteiger partial charge is 0.496 e. The molecule has 1 aliphatic heterocycles. The second-order valence-corrected chi connectivity index (χ2v) is 10.3. The van der Waals surface area contributed by atoms with Crippen LogP contribution in [-0.4, -0.2) is 51.9 Å². The van der Waals surface area contributed by atoms with Gasteiger partial charge in [0.15, 0.2) is 0 Å². The Kier molecular flexibility index (Phi) is 9.49. The third-order valence-electron chi connectivity index (χ3n) is 6.97. The summed E-state index contributed by atoms with van der Waals surface area (Å²) in [5.41, 5.74) is 2.25. The molecule has 0 bridgehead atoms. The van der Waals surface area contributed by atoms with Gasteiger partial charge in [0.05, 0.1) is 29.4 Å². The molecule has 1 aromatic heterocycles. The molecule has 0 unspecified atom stereocenters. The molecule has 0 saturated carbocycles. The Balaban J connectivity index is 0.00000121. The van der Waals surface area contributed by atoms with Crippen LogP contribution in [0.2, 0.25) is 0 Å². The molecule has 1 fully saturated rings. The molecule has 2 aromatic carbocycles. The van der Waals surface area contributed by atoms with Gasteiger partial charge in [0, 0.05) is 24.9 Å². The standard InChI is InChI=1S/C27H33N3O4.C3H8/c1-5-18-14-17(16-23-20-8-6-7-9-21(20)25(31)29-28-23)15-22(24(18)34-4)26(32)30-12-10-19(11-13-30)27(2,3)33;1-3-2/h6-9,14-15,19,33H,5,10-13,16H2,1-4H3,(H,29,31);3H2,1-2H3. The topological polar surface area (TPSA) is 95.5 Å². The molecule has 1 aliphatic rings. The molecular weight excluding hydrogens is 466 g/mol. The molecule has 7 nitrogen and oxygen atoms in total. The molecule has 200 valence electrons. The number of nitrogens with zero attached hydrogens (tertiary/aromatic N) is 2. The molecule has 0 atom stereocenters. The Morgan fingerprint density at radius 2 is 1.76 bits per heavy atom. The van der Waals surface area contributed by atoms with E-state index in [-0.39, 0.29) is 17.4 Å². The third-order valence-corrected chi connectivity index (χ3v) is 6.97. The SMILES string of the molecule is CCC.CCc1cc(Cc2n[nH]c(=O)c3ccccc23)cc(C(=O)N2CCC(C(C)(C)O)CC2)c1OC. The minimum absolute atomic E-state index is 0.0538. The van der Waals surface area contributed by atoms with E-state index >= 15 is 0 Å². The van der Waals surface area contributed by atoms with Crippen LogP contribution in [0.4, 0.5) is 0 Å². The average molecular weight is 508 g/mol. The van der Waals surface area contributed by atoms with Crippen LogP contribution in [-0.2, 0) is 12.8 Å². The summed E-state index contributed by atoms with van der Waals surface area (Å²) >= 11 is 0. The molecule has 0 spiro atoms. The number of piperidine rings is 1. The maximum absolute atomic E-state index is 13.6. The number of carbonyl (C=O) groups excluding carboxylic acids is 1. The molecule has 2 N–H and O–H groups in total. The molecule has 0 aliphatic carbocycles. The average Bonchev–Trinajstić information content (AvgIpc) is 2.89. The Morgan fingerprint density at radius 1 is 1.14 bits per heavy atom. The summed E-state index contributed by atoms with van der Waals surface area (Å²) in [5.74, 6) is 0.734. The maximum Gasteiger partial charge on any atom is 0.272 e. The Morgan fingerprint density at radius 3 is 2.32 bits per heavy atom. The highest BCUT2D eigenvalue weighted by Gasteiger charge is 2.33. The second-order valence-electron chi connectivity index (χ2n) is 10.3. The van der Waals surface area contributed by atoms with Crippen molar-refractivity contribution < 1.29 is 14.6 Å². The van der Waals surface area contributed by atoms with E-state index in [0.717, 1.165) is 41.5 Å². The van der Waals surface area contributed by atoms with Crippen LogP contribution >= 0.6 is 0 Å². The smallest absolute Gasteiger partial charge is 0.272 e. The summed E-state index contributed by atoms with van der Waals surface area (Å²) in [7, 11) is 1.60. The van der Waals surface area contributed by atoms with E-state index < -0.39 is 5.60 Å². The molecule has 3 aromatic rings.